The minimum atomic E-state index is -0.243. The van der Waals surface area contributed by atoms with Gasteiger partial charge in [-0.2, -0.15) is 0 Å². The number of fused-ring (bicyclic) bond motifs is 1. The molecule has 3 aromatic rings. The van der Waals surface area contributed by atoms with E-state index in [0.717, 1.165) is 41.0 Å². The summed E-state index contributed by atoms with van der Waals surface area (Å²) in [6, 6.07) is 9.86. The van der Waals surface area contributed by atoms with E-state index in [2.05, 4.69) is 44.6 Å². The van der Waals surface area contributed by atoms with Crippen molar-refractivity contribution < 1.29 is 9.53 Å². The van der Waals surface area contributed by atoms with Gasteiger partial charge in [0.15, 0.2) is 5.75 Å². The zero-order chi connectivity index (χ0) is 22.1. The van der Waals surface area contributed by atoms with Gasteiger partial charge in [-0.1, -0.05) is 42.5 Å². The molecule has 2 aliphatic rings. The predicted molar refractivity (Wildman–Crippen MR) is 124 cm³/mol. The van der Waals surface area contributed by atoms with Crippen LogP contribution in [0.5, 0.6) is 5.75 Å². The van der Waals surface area contributed by atoms with Crippen molar-refractivity contribution in [3.8, 4) is 5.75 Å². The number of carbonyl (C=O) groups excluding carboxylic acids is 1. The molecule has 0 bridgehead atoms. The molecule has 0 spiro atoms. The van der Waals surface area contributed by atoms with Crippen LogP contribution in [0.4, 0.5) is 5.69 Å². The molecule has 2 heterocycles. The normalized spacial score (nSPS) is 23.8. The van der Waals surface area contributed by atoms with E-state index in [1.165, 1.54) is 0 Å². The number of benzene rings is 1. The van der Waals surface area contributed by atoms with Gasteiger partial charge >= 0.3 is 0 Å². The lowest BCUT2D eigenvalue weighted by atomic mass is 9.82. The summed E-state index contributed by atoms with van der Waals surface area (Å²) < 4.78 is 6.19. The molecule has 0 radical (unpaired) electrons. The highest BCUT2D eigenvalue weighted by atomic mass is 16.5. The smallest absolute Gasteiger partial charge is 0.228 e. The summed E-state index contributed by atoms with van der Waals surface area (Å²) in [6.45, 7) is 4.24. The number of hydrogen-bond donors (Lipinski definition) is 1. The maximum atomic E-state index is 13.2. The van der Waals surface area contributed by atoms with E-state index in [9.17, 15) is 4.79 Å². The largest absolute Gasteiger partial charge is 0.489 e. The lowest BCUT2D eigenvalue weighted by Crippen LogP contribution is -2.29. The number of hydrogen-bond acceptors (Lipinski definition) is 5. The Balaban J connectivity index is 1.34. The molecule has 1 amide bonds. The standard InChI is InChI=1S/C26H26N4O2/c1-17-24(15-27-18(2)29-17)32-16-26(20-9-4-3-5-10-20)13-22(26)25(31)30-21-12-19-8-6-7-11-23(19)28-14-21/h3-9,11-12,14-15,20,22H,10,13,16H2,1-2H3,(H,30,31)/t20?,22-,26+/m0/s1. The van der Waals surface area contributed by atoms with Gasteiger partial charge in [0.05, 0.1) is 35.9 Å². The van der Waals surface area contributed by atoms with Crippen molar-refractivity contribution >= 4 is 22.5 Å². The van der Waals surface area contributed by atoms with Crippen LogP contribution in [0.15, 0.2) is 67.0 Å². The van der Waals surface area contributed by atoms with Crippen molar-refractivity contribution in [1.82, 2.24) is 15.0 Å². The molecule has 2 aliphatic carbocycles. The molecule has 1 saturated carbocycles. The topological polar surface area (TPSA) is 77.0 Å². The van der Waals surface area contributed by atoms with Crippen molar-refractivity contribution in [2.75, 3.05) is 11.9 Å². The molecule has 6 heteroatoms. The van der Waals surface area contributed by atoms with Crippen LogP contribution in [0, 0.1) is 31.1 Å². The lowest BCUT2D eigenvalue weighted by Gasteiger charge is -2.26. The number of amides is 1. The van der Waals surface area contributed by atoms with Gasteiger partial charge in [0.1, 0.15) is 5.82 Å². The summed E-state index contributed by atoms with van der Waals surface area (Å²) in [6.07, 6.45) is 13.6. The molecule has 6 nitrogen and oxygen atoms in total. The van der Waals surface area contributed by atoms with Crippen LogP contribution in [-0.4, -0.2) is 27.5 Å². The summed E-state index contributed by atoms with van der Waals surface area (Å²) in [7, 11) is 0. The molecule has 0 saturated heterocycles. The molecular formula is C26H26N4O2. The van der Waals surface area contributed by atoms with Crippen molar-refractivity contribution in [2.24, 2.45) is 17.3 Å². The number of anilines is 1. The Morgan fingerprint density at radius 1 is 1.19 bits per heavy atom. The van der Waals surface area contributed by atoms with E-state index in [1.807, 2.05) is 44.2 Å². The molecular weight excluding hydrogens is 400 g/mol. The van der Waals surface area contributed by atoms with Gasteiger partial charge in [-0.25, -0.2) is 9.97 Å². The first kappa shape index (κ1) is 20.4. The van der Waals surface area contributed by atoms with E-state index in [1.54, 1.807) is 12.4 Å². The molecule has 1 aromatic carbocycles. The molecule has 1 fully saturated rings. The SMILES string of the molecule is Cc1ncc(OC[C@@]2(C3C=CC=CC3)C[C@H]2C(=O)Nc2cnc3ccccc3c2)c(C)n1. The van der Waals surface area contributed by atoms with Crippen LogP contribution in [0.1, 0.15) is 24.4 Å². The first-order valence-electron chi connectivity index (χ1n) is 11.0. The van der Waals surface area contributed by atoms with Crippen molar-refractivity contribution in [3.05, 3.63) is 78.5 Å². The van der Waals surface area contributed by atoms with Crippen LogP contribution >= 0.6 is 0 Å². The minimum absolute atomic E-state index is 0.0190. The Morgan fingerprint density at radius 3 is 2.88 bits per heavy atom. The number of para-hydroxylation sites is 1. The molecule has 162 valence electrons. The third kappa shape index (κ3) is 3.88. The molecule has 1 N–H and O–H groups in total. The van der Waals surface area contributed by atoms with E-state index >= 15 is 0 Å². The van der Waals surface area contributed by atoms with Crippen LogP contribution < -0.4 is 10.1 Å². The number of nitrogens with zero attached hydrogens (tertiary/aromatic N) is 3. The lowest BCUT2D eigenvalue weighted by molar-refractivity contribution is -0.118. The molecule has 5 rings (SSSR count). The van der Waals surface area contributed by atoms with Gasteiger partial charge in [0, 0.05) is 16.7 Å². The molecule has 0 aliphatic heterocycles. The Hall–Kier alpha value is -3.54. The second kappa shape index (κ2) is 8.19. The molecule has 3 atom stereocenters. The minimum Gasteiger partial charge on any atom is -0.489 e. The number of rotatable bonds is 6. The van der Waals surface area contributed by atoms with Crippen LogP contribution in [0.25, 0.3) is 10.9 Å². The summed E-state index contributed by atoms with van der Waals surface area (Å²) in [5.74, 6) is 1.55. The number of allylic oxidation sites excluding steroid dienone is 4. The van der Waals surface area contributed by atoms with Gasteiger partial charge in [-0.05, 0) is 44.7 Å². The Bertz CT molecular complexity index is 1240. The van der Waals surface area contributed by atoms with E-state index in [0.29, 0.717) is 12.4 Å². The fourth-order valence-electron chi connectivity index (χ4n) is 4.65. The number of aryl methyl sites for hydroxylation is 2. The maximum Gasteiger partial charge on any atom is 0.228 e. The van der Waals surface area contributed by atoms with Gasteiger partial charge in [0.2, 0.25) is 5.91 Å². The summed E-state index contributed by atoms with van der Waals surface area (Å²) in [5, 5.41) is 4.09. The zero-order valence-corrected chi connectivity index (χ0v) is 18.3. The third-order valence-corrected chi connectivity index (χ3v) is 6.56. The van der Waals surface area contributed by atoms with Crippen LogP contribution in [0.2, 0.25) is 0 Å². The average Bonchev–Trinajstić information content (AvgIpc) is 3.55. The second-order valence-electron chi connectivity index (χ2n) is 8.71. The number of aromatic nitrogens is 3. The van der Waals surface area contributed by atoms with Gasteiger partial charge < -0.3 is 10.1 Å². The quantitative estimate of drug-likeness (QED) is 0.613. The highest BCUT2D eigenvalue weighted by Crippen LogP contribution is 2.60. The number of nitrogens with one attached hydrogen (secondary N) is 1. The van der Waals surface area contributed by atoms with Crippen LogP contribution in [0.3, 0.4) is 0 Å². The Kier molecular flexibility index (Phi) is 5.21. The average molecular weight is 427 g/mol. The fraction of sp³-hybridized carbons (Fsp3) is 0.308. The summed E-state index contributed by atoms with van der Waals surface area (Å²) in [4.78, 5) is 26.3. The summed E-state index contributed by atoms with van der Waals surface area (Å²) in [5.41, 5.74) is 2.20. The monoisotopic (exact) mass is 426 g/mol. The second-order valence-corrected chi connectivity index (χ2v) is 8.71. The van der Waals surface area contributed by atoms with Gasteiger partial charge in [0.25, 0.3) is 0 Å². The van der Waals surface area contributed by atoms with Crippen molar-refractivity contribution in [1.29, 1.82) is 0 Å². The Morgan fingerprint density at radius 2 is 2.06 bits per heavy atom. The maximum absolute atomic E-state index is 13.2. The molecule has 2 aromatic heterocycles. The Labute approximate surface area is 187 Å². The highest BCUT2D eigenvalue weighted by molar-refractivity contribution is 5.96. The zero-order valence-electron chi connectivity index (χ0n) is 18.3. The number of carbonyl (C=O) groups is 1. The van der Waals surface area contributed by atoms with Crippen LogP contribution in [-0.2, 0) is 4.79 Å². The molecule has 1 unspecified atom stereocenters. The van der Waals surface area contributed by atoms with E-state index < -0.39 is 0 Å². The van der Waals surface area contributed by atoms with Crippen molar-refractivity contribution in [3.63, 3.8) is 0 Å². The summed E-state index contributed by atoms with van der Waals surface area (Å²) >= 11 is 0. The number of ether oxygens (including phenoxy) is 1. The molecule has 32 heavy (non-hydrogen) atoms. The van der Waals surface area contributed by atoms with E-state index in [-0.39, 0.29) is 23.2 Å². The first-order valence-corrected chi connectivity index (χ1v) is 11.0. The predicted octanol–water partition coefficient (Wildman–Crippen LogP) is 4.80. The highest BCUT2D eigenvalue weighted by Gasteiger charge is 2.62. The fourth-order valence-corrected chi connectivity index (χ4v) is 4.65. The van der Waals surface area contributed by atoms with Gasteiger partial charge in [-0.15, -0.1) is 0 Å². The first-order chi connectivity index (χ1) is 15.5. The van der Waals surface area contributed by atoms with Gasteiger partial charge in [-0.3, -0.25) is 9.78 Å². The van der Waals surface area contributed by atoms with E-state index in [4.69, 9.17) is 4.74 Å². The third-order valence-electron chi connectivity index (χ3n) is 6.56. The van der Waals surface area contributed by atoms with Crippen molar-refractivity contribution in [2.45, 2.75) is 26.7 Å². The number of pyridine rings is 1.